The van der Waals surface area contributed by atoms with Crippen molar-refractivity contribution in [3.8, 4) is 0 Å². The largest absolute Gasteiger partial charge is 0.379 e. The monoisotopic (exact) mass is 199 g/mol. The number of hydrogen-bond acceptors (Lipinski definition) is 1. The van der Waals surface area contributed by atoms with Crippen LogP contribution >= 0.6 is 0 Å². The van der Waals surface area contributed by atoms with Crippen molar-refractivity contribution in [1.29, 1.82) is 0 Å². The van der Waals surface area contributed by atoms with Crippen molar-refractivity contribution in [2.24, 2.45) is 0 Å². The van der Waals surface area contributed by atoms with Crippen LogP contribution < -0.4 is 0 Å². The van der Waals surface area contributed by atoms with E-state index in [4.69, 9.17) is 4.74 Å². The summed E-state index contributed by atoms with van der Waals surface area (Å²) in [7, 11) is -0.697. The lowest BCUT2D eigenvalue weighted by Gasteiger charge is -2.40. The second-order valence-corrected chi connectivity index (χ2v) is 7.69. The first-order valence-corrected chi connectivity index (χ1v) is 8.58. The van der Waals surface area contributed by atoms with E-state index in [1.54, 1.807) is 0 Å². The first-order valence-electron chi connectivity index (χ1n) is 5.69. The molecule has 1 saturated heterocycles. The summed E-state index contributed by atoms with van der Waals surface area (Å²) in [6, 6.07) is 0. The third-order valence-corrected chi connectivity index (χ3v) is 5.73. The normalized spacial score (nSPS) is 29.5. The zero-order valence-electron chi connectivity index (χ0n) is 9.31. The minimum Gasteiger partial charge on any atom is -0.379 e. The summed E-state index contributed by atoms with van der Waals surface area (Å²) in [6.45, 7) is 8.06. The van der Waals surface area contributed by atoms with Gasteiger partial charge in [0, 0.05) is 6.61 Å². The Labute approximate surface area is 84.5 Å². The topological polar surface area (TPSA) is 9.23 Å². The van der Waals surface area contributed by atoms with Gasteiger partial charge in [0.1, 0.15) is 0 Å². The molecule has 0 saturated carbocycles. The summed E-state index contributed by atoms with van der Waals surface area (Å²) in [5, 5.41) is 0.244. The van der Waals surface area contributed by atoms with Crippen LogP contribution in [0.3, 0.4) is 0 Å². The van der Waals surface area contributed by atoms with Gasteiger partial charge in [0.05, 0.1) is 14.0 Å². The molecular formula is C11H23OSi. The van der Waals surface area contributed by atoms with Crippen LogP contribution in [0.1, 0.15) is 39.0 Å². The van der Waals surface area contributed by atoms with Crippen LogP contribution in [0, 0.1) is 6.42 Å². The molecule has 0 spiro atoms. The van der Waals surface area contributed by atoms with Gasteiger partial charge in [-0.2, -0.15) is 0 Å². The molecule has 0 N–H and O–H groups in total. The molecule has 77 valence electrons. The molecule has 0 aromatic heterocycles. The Morgan fingerprint density at radius 2 is 2.15 bits per heavy atom. The van der Waals surface area contributed by atoms with Gasteiger partial charge < -0.3 is 4.74 Å². The number of ether oxygens (including phenoxy) is 1. The summed E-state index contributed by atoms with van der Waals surface area (Å²) in [5.41, 5.74) is 0. The Bertz CT molecular complexity index is 139. The highest BCUT2D eigenvalue weighted by molar-refractivity contribution is 6.59. The fourth-order valence-electron chi connectivity index (χ4n) is 2.08. The van der Waals surface area contributed by atoms with E-state index in [1.165, 1.54) is 32.1 Å². The molecule has 1 aliphatic heterocycles. The molecule has 1 nitrogen and oxygen atoms in total. The fourth-order valence-corrected chi connectivity index (χ4v) is 3.95. The maximum absolute atomic E-state index is 6.04. The molecule has 1 fully saturated rings. The molecule has 1 aliphatic rings. The van der Waals surface area contributed by atoms with Crippen LogP contribution in [0.25, 0.3) is 0 Å². The zero-order chi connectivity index (χ0) is 9.73. The van der Waals surface area contributed by atoms with Crippen molar-refractivity contribution in [1.82, 2.24) is 0 Å². The highest BCUT2D eigenvalue weighted by atomic mass is 28.3. The highest BCUT2D eigenvalue weighted by Gasteiger charge is 2.36. The Kier molecular flexibility index (Phi) is 4.46. The number of hydrogen-bond donors (Lipinski definition) is 0. The number of rotatable bonds is 4. The average Bonchev–Trinajstić information content (AvgIpc) is 2.16. The fraction of sp³-hybridized carbons (Fsp3) is 0.909. The molecule has 2 heteroatoms. The van der Waals surface area contributed by atoms with E-state index in [0.29, 0.717) is 0 Å². The first-order chi connectivity index (χ1) is 6.21. The SMILES string of the molecule is CCC[CH]C1([SiH](C)C)CCCCO1. The van der Waals surface area contributed by atoms with Crippen LogP contribution in [0.4, 0.5) is 0 Å². The second kappa shape index (κ2) is 5.16. The van der Waals surface area contributed by atoms with Gasteiger partial charge in [-0.1, -0.05) is 26.4 Å². The first kappa shape index (κ1) is 11.3. The van der Waals surface area contributed by atoms with Crippen LogP contribution in [0.5, 0.6) is 0 Å². The molecule has 0 amide bonds. The van der Waals surface area contributed by atoms with Gasteiger partial charge in [-0.3, -0.25) is 0 Å². The Morgan fingerprint density at radius 3 is 2.62 bits per heavy atom. The van der Waals surface area contributed by atoms with Gasteiger partial charge in [-0.25, -0.2) is 0 Å². The molecule has 1 radical (unpaired) electrons. The van der Waals surface area contributed by atoms with Crippen molar-refractivity contribution >= 4 is 8.80 Å². The lowest BCUT2D eigenvalue weighted by atomic mass is 10.0. The van der Waals surface area contributed by atoms with E-state index >= 15 is 0 Å². The van der Waals surface area contributed by atoms with Gasteiger partial charge in [0.25, 0.3) is 0 Å². The van der Waals surface area contributed by atoms with Gasteiger partial charge in [0.15, 0.2) is 0 Å². The third-order valence-electron chi connectivity index (χ3n) is 3.09. The maximum atomic E-state index is 6.04. The van der Waals surface area contributed by atoms with Crippen molar-refractivity contribution in [2.45, 2.75) is 57.3 Å². The summed E-state index contributed by atoms with van der Waals surface area (Å²) in [5.74, 6) is 0. The molecule has 1 unspecified atom stereocenters. The molecule has 13 heavy (non-hydrogen) atoms. The maximum Gasteiger partial charge on any atom is 0.0699 e. The Morgan fingerprint density at radius 1 is 1.38 bits per heavy atom. The minimum absolute atomic E-state index is 0.244. The Hall–Kier alpha value is 0.177. The van der Waals surface area contributed by atoms with Crippen LogP contribution in [0.15, 0.2) is 0 Å². The molecule has 0 aromatic carbocycles. The molecule has 1 heterocycles. The van der Waals surface area contributed by atoms with Crippen LogP contribution in [-0.4, -0.2) is 20.6 Å². The van der Waals surface area contributed by atoms with Gasteiger partial charge >= 0.3 is 0 Å². The lowest BCUT2D eigenvalue weighted by molar-refractivity contribution is -0.00241. The van der Waals surface area contributed by atoms with E-state index in [1.807, 2.05) is 0 Å². The predicted octanol–water partition coefficient (Wildman–Crippen LogP) is 2.96. The van der Waals surface area contributed by atoms with Crippen molar-refractivity contribution in [3.05, 3.63) is 6.42 Å². The van der Waals surface area contributed by atoms with Crippen molar-refractivity contribution in [2.75, 3.05) is 6.61 Å². The smallest absolute Gasteiger partial charge is 0.0699 e. The van der Waals surface area contributed by atoms with Gasteiger partial charge in [0.2, 0.25) is 0 Å². The van der Waals surface area contributed by atoms with E-state index < -0.39 is 8.80 Å². The van der Waals surface area contributed by atoms with Gasteiger partial charge in [-0.15, -0.1) is 0 Å². The summed E-state index contributed by atoms with van der Waals surface area (Å²) >= 11 is 0. The van der Waals surface area contributed by atoms with Gasteiger partial charge in [-0.05, 0) is 32.1 Å². The summed E-state index contributed by atoms with van der Waals surface area (Å²) < 4.78 is 6.04. The van der Waals surface area contributed by atoms with E-state index in [-0.39, 0.29) is 5.22 Å². The summed E-state index contributed by atoms with van der Waals surface area (Å²) in [6.07, 6.45) is 8.88. The highest BCUT2D eigenvalue weighted by Crippen LogP contribution is 2.31. The zero-order valence-corrected chi connectivity index (χ0v) is 10.5. The molecule has 1 rings (SSSR count). The van der Waals surface area contributed by atoms with E-state index in [2.05, 4.69) is 26.4 Å². The van der Waals surface area contributed by atoms with Crippen LogP contribution in [0.2, 0.25) is 13.1 Å². The summed E-state index contributed by atoms with van der Waals surface area (Å²) in [4.78, 5) is 0. The Balaban J connectivity index is 2.51. The lowest BCUT2D eigenvalue weighted by Crippen LogP contribution is -2.47. The van der Waals surface area contributed by atoms with E-state index in [0.717, 1.165) is 6.61 Å². The third kappa shape index (κ3) is 2.81. The van der Waals surface area contributed by atoms with E-state index in [9.17, 15) is 0 Å². The molecular weight excluding hydrogens is 176 g/mol. The second-order valence-electron chi connectivity index (χ2n) is 4.41. The molecule has 0 bridgehead atoms. The van der Waals surface area contributed by atoms with Crippen LogP contribution in [-0.2, 0) is 4.74 Å². The molecule has 0 aliphatic carbocycles. The predicted molar refractivity (Wildman–Crippen MR) is 60.6 cm³/mol. The standard InChI is InChI=1S/C11H23OSi/c1-4-5-8-11(13(2)3)9-6-7-10-12-11/h8,13H,4-7,9-10H2,1-3H3. The van der Waals surface area contributed by atoms with Crippen molar-refractivity contribution in [3.63, 3.8) is 0 Å². The number of unbranched alkanes of at least 4 members (excludes halogenated alkanes) is 1. The van der Waals surface area contributed by atoms with Crippen molar-refractivity contribution < 1.29 is 4.74 Å². The molecule has 0 aromatic rings. The minimum atomic E-state index is -0.697. The quantitative estimate of drug-likeness (QED) is 0.633. The molecule has 1 atom stereocenters. The average molecular weight is 199 g/mol.